The number of amides is 1. The molecule has 0 saturated carbocycles. The van der Waals surface area contributed by atoms with Gasteiger partial charge < -0.3 is 10.1 Å². The zero-order valence-electron chi connectivity index (χ0n) is 18.0. The Labute approximate surface area is 190 Å². The number of carbonyl (C=O) groups excluding carboxylic acids is 1. The van der Waals surface area contributed by atoms with E-state index in [0.29, 0.717) is 47.1 Å². The van der Waals surface area contributed by atoms with Crippen LogP contribution in [0.5, 0.6) is 0 Å². The molecule has 32 heavy (non-hydrogen) atoms. The number of aromatic nitrogens is 2. The smallest absolute Gasteiger partial charge is 0.262 e. The van der Waals surface area contributed by atoms with Gasteiger partial charge in [-0.3, -0.25) is 14.2 Å². The van der Waals surface area contributed by atoms with Gasteiger partial charge in [0.15, 0.2) is 5.16 Å². The standard InChI is InChI=1S/C24H26FN3O3S/c1-2-10-26-22(29)17-8-9-20-21(13-17)27-24(32-15-16-5-3-6-18(25)12-16)28(23(20)30)14-19-7-4-11-31-19/h3,5-6,8-9,12-13,19H,2,4,7,10-11,14-15H2,1H3,(H,26,29)/t19-/m0/s1. The number of ether oxygens (including phenoxy) is 1. The van der Waals surface area contributed by atoms with Gasteiger partial charge >= 0.3 is 0 Å². The first-order chi connectivity index (χ1) is 15.5. The van der Waals surface area contributed by atoms with Gasteiger partial charge in [-0.15, -0.1) is 0 Å². The third kappa shape index (κ3) is 5.19. The van der Waals surface area contributed by atoms with Crippen molar-refractivity contribution in [1.82, 2.24) is 14.9 Å². The molecule has 1 saturated heterocycles. The molecule has 1 aromatic heterocycles. The number of hydrogen-bond donors (Lipinski definition) is 1. The van der Waals surface area contributed by atoms with Crippen molar-refractivity contribution in [3.63, 3.8) is 0 Å². The van der Waals surface area contributed by atoms with Gasteiger partial charge in [0.05, 0.1) is 23.6 Å². The van der Waals surface area contributed by atoms with Gasteiger partial charge in [0, 0.05) is 24.5 Å². The Kier molecular flexibility index (Phi) is 7.22. The van der Waals surface area contributed by atoms with Gasteiger partial charge in [-0.25, -0.2) is 9.37 Å². The van der Waals surface area contributed by atoms with Crippen molar-refractivity contribution < 1.29 is 13.9 Å². The molecule has 0 spiro atoms. The van der Waals surface area contributed by atoms with Crippen molar-refractivity contribution in [3.8, 4) is 0 Å². The van der Waals surface area contributed by atoms with E-state index in [1.165, 1.54) is 23.9 Å². The summed E-state index contributed by atoms with van der Waals surface area (Å²) in [6.07, 6.45) is 2.68. The van der Waals surface area contributed by atoms with Gasteiger partial charge in [-0.2, -0.15) is 0 Å². The third-order valence-corrected chi connectivity index (χ3v) is 6.43. The van der Waals surface area contributed by atoms with Crippen LogP contribution in [0.3, 0.4) is 0 Å². The molecule has 3 aromatic rings. The fraction of sp³-hybridized carbons (Fsp3) is 0.375. The van der Waals surface area contributed by atoms with Crippen LogP contribution in [0.4, 0.5) is 4.39 Å². The zero-order valence-corrected chi connectivity index (χ0v) is 18.8. The Balaban J connectivity index is 1.70. The number of fused-ring (bicyclic) bond motifs is 1. The first kappa shape index (κ1) is 22.5. The Bertz CT molecular complexity index is 1170. The first-order valence-electron chi connectivity index (χ1n) is 10.9. The van der Waals surface area contributed by atoms with Gasteiger partial charge in [0.25, 0.3) is 11.5 Å². The van der Waals surface area contributed by atoms with Crippen molar-refractivity contribution in [2.45, 2.75) is 49.7 Å². The third-order valence-electron chi connectivity index (χ3n) is 5.39. The van der Waals surface area contributed by atoms with E-state index in [9.17, 15) is 14.0 Å². The van der Waals surface area contributed by atoms with Gasteiger partial charge in [0.2, 0.25) is 0 Å². The van der Waals surface area contributed by atoms with Gasteiger partial charge in [-0.05, 0) is 55.2 Å². The molecule has 0 unspecified atom stereocenters. The normalized spacial score (nSPS) is 15.9. The number of hydrogen-bond acceptors (Lipinski definition) is 5. The van der Waals surface area contributed by atoms with Crippen LogP contribution >= 0.6 is 11.8 Å². The minimum absolute atomic E-state index is 0.0282. The second-order valence-corrected chi connectivity index (χ2v) is 8.79. The predicted octanol–water partition coefficient (Wildman–Crippen LogP) is 4.15. The number of carbonyl (C=O) groups is 1. The molecule has 1 amide bonds. The van der Waals surface area contributed by atoms with Crippen molar-refractivity contribution in [2.75, 3.05) is 13.2 Å². The Morgan fingerprint density at radius 1 is 1.31 bits per heavy atom. The number of rotatable bonds is 8. The molecule has 1 atom stereocenters. The summed E-state index contributed by atoms with van der Waals surface area (Å²) in [5, 5.41) is 3.85. The molecular weight excluding hydrogens is 429 g/mol. The maximum Gasteiger partial charge on any atom is 0.262 e. The summed E-state index contributed by atoms with van der Waals surface area (Å²) in [6, 6.07) is 11.4. The zero-order chi connectivity index (χ0) is 22.5. The molecule has 1 fully saturated rings. The molecule has 168 valence electrons. The lowest BCUT2D eigenvalue weighted by Gasteiger charge is -2.17. The van der Waals surface area contributed by atoms with E-state index in [2.05, 4.69) is 5.32 Å². The van der Waals surface area contributed by atoms with E-state index in [1.807, 2.05) is 13.0 Å². The summed E-state index contributed by atoms with van der Waals surface area (Å²) in [5.74, 6) is -0.0140. The topological polar surface area (TPSA) is 73.2 Å². The number of benzene rings is 2. The molecule has 6 nitrogen and oxygen atoms in total. The van der Waals surface area contributed by atoms with Crippen LogP contribution in [-0.4, -0.2) is 34.7 Å². The molecule has 0 aliphatic carbocycles. The number of nitrogens with zero attached hydrogens (tertiary/aromatic N) is 2. The molecule has 1 aliphatic rings. The first-order valence-corrected chi connectivity index (χ1v) is 11.9. The van der Waals surface area contributed by atoms with E-state index in [1.54, 1.807) is 28.8 Å². The molecule has 1 N–H and O–H groups in total. The lowest BCUT2D eigenvalue weighted by atomic mass is 10.1. The second-order valence-electron chi connectivity index (χ2n) is 7.85. The summed E-state index contributed by atoms with van der Waals surface area (Å²) in [7, 11) is 0. The monoisotopic (exact) mass is 455 g/mol. The van der Waals surface area contributed by atoms with Crippen LogP contribution in [0.1, 0.15) is 42.1 Å². The molecule has 2 heterocycles. The van der Waals surface area contributed by atoms with Gasteiger partial charge in [0.1, 0.15) is 5.82 Å². The van der Waals surface area contributed by atoms with Crippen molar-refractivity contribution in [2.24, 2.45) is 0 Å². The lowest BCUT2D eigenvalue weighted by molar-refractivity contribution is 0.0937. The summed E-state index contributed by atoms with van der Waals surface area (Å²) in [6.45, 7) is 3.69. The summed E-state index contributed by atoms with van der Waals surface area (Å²) >= 11 is 1.38. The highest BCUT2D eigenvalue weighted by Gasteiger charge is 2.21. The molecule has 2 aromatic carbocycles. The van der Waals surface area contributed by atoms with Crippen molar-refractivity contribution in [3.05, 3.63) is 69.8 Å². The van der Waals surface area contributed by atoms with E-state index in [4.69, 9.17) is 9.72 Å². The minimum Gasteiger partial charge on any atom is -0.376 e. The number of nitrogens with one attached hydrogen (secondary N) is 1. The van der Waals surface area contributed by atoms with Gasteiger partial charge in [-0.1, -0.05) is 30.8 Å². The average Bonchev–Trinajstić information content (AvgIpc) is 3.31. The molecule has 8 heteroatoms. The fourth-order valence-electron chi connectivity index (χ4n) is 3.72. The highest BCUT2D eigenvalue weighted by Crippen LogP contribution is 2.25. The van der Waals surface area contributed by atoms with Crippen molar-refractivity contribution in [1.29, 1.82) is 0 Å². The Morgan fingerprint density at radius 2 is 2.19 bits per heavy atom. The molecule has 1 aliphatic heterocycles. The summed E-state index contributed by atoms with van der Waals surface area (Å²) < 4.78 is 21.0. The Morgan fingerprint density at radius 3 is 2.94 bits per heavy atom. The van der Waals surface area contributed by atoms with Crippen molar-refractivity contribution >= 4 is 28.6 Å². The number of halogens is 1. The van der Waals surface area contributed by atoms with E-state index in [-0.39, 0.29) is 23.4 Å². The maximum absolute atomic E-state index is 13.6. The molecular formula is C24H26FN3O3S. The van der Waals surface area contributed by atoms with E-state index in [0.717, 1.165) is 24.8 Å². The Hall–Kier alpha value is -2.71. The highest BCUT2D eigenvalue weighted by atomic mass is 32.2. The largest absolute Gasteiger partial charge is 0.376 e. The average molecular weight is 456 g/mol. The molecule has 0 radical (unpaired) electrons. The maximum atomic E-state index is 13.6. The van der Waals surface area contributed by atoms with Crippen LogP contribution in [-0.2, 0) is 17.0 Å². The SMILES string of the molecule is CCCNC(=O)c1ccc2c(=O)n(C[C@@H]3CCCO3)c(SCc3cccc(F)c3)nc2c1. The highest BCUT2D eigenvalue weighted by molar-refractivity contribution is 7.98. The second kappa shape index (κ2) is 10.3. The quantitative estimate of drug-likeness (QED) is 0.408. The van der Waals surface area contributed by atoms with Crippen LogP contribution in [0.15, 0.2) is 52.4 Å². The predicted molar refractivity (Wildman–Crippen MR) is 124 cm³/mol. The summed E-state index contributed by atoms with van der Waals surface area (Å²) in [4.78, 5) is 30.5. The van der Waals surface area contributed by atoms with Crippen LogP contribution in [0, 0.1) is 5.82 Å². The van der Waals surface area contributed by atoms with E-state index >= 15 is 0 Å². The van der Waals surface area contributed by atoms with Crippen LogP contribution in [0.2, 0.25) is 0 Å². The number of thioether (sulfide) groups is 1. The lowest BCUT2D eigenvalue weighted by Crippen LogP contribution is -2.29. The molecule has 4 rings (SSSR count). The van der Waals surface area contributed by atoms with Crippen LogP contribution < -0.4 is 10.9 Å². The summed E-state index contributed by atoms with van der Waals surface area (Å²) in [5.41, 5.74) is 1.59. The molecule has 0 bridgehead atoms. The fourth-order valence-corrected chi connectivity index (χ4v) is 4.67. The minimum atomic E-state index is -0.297. The van der Waals surface area contributed by atoms with E-state index < -0.39 is 0 Å². The van der Waals surface area contributed by atoms with Crippen LogP contribution in [0.25, 0.3) is 10.9 Å².